The van der Waals surface area contributed by atoms with Gasteiger partial charge in [-0.1, -0.05) is 38.4 Å². The number of anilines is 1. The average Bonchev–Trinajstić information content (AvgIpc) is 3.01. The number of hydrogen-bond donors (Lipinski definition) is 1. The first-order valence-corrected chi connectivity index (χ1v) is 11.0. The first-order chi connectivity index (χ1) is 13.1. The maximum atomic E-state index is 13.1. The van der Waals surface area contributed by atoms with Gasteiger partial charge in [-0.2, -0.15) is 13.2 Å². The van der Waals surface area contributed by atoms with Crippen molar-refractivity contribution in [1.29, 1.82) is 0 Å². The van der Waals surface area contributed by atoms with Gasteiger partial charge in [-0.15, -0.1) is 0 Å². The van der Waals surface area contributed by atoms with Crippen LogP contribution in [0, 0.1) is 13.8 Å². The van der Waals surface area contributed by atoms with Gasteiger partial charge >= 0.3 is 6.18 Å². The molecule has 0 fully saturated rings. The van der Waals surface area contributed by atoms with Crippen molar-refractivity contribution in [3.8, 4) is 11.1 Å². The first kappa shape index (κ1) is 19.2. The van der Waals surface area contributed by atoms with Crippen LogP contribution in [-0.2, 0) is 11.7 Å². The van der Waals surface area contributed by atoms with Crippen LogP contribution in [-0.4, -0.2) is 0 Å². The molecule has 4 rings (SSSR count). The largest absolute Gasteiger partial charge is 0.416 e. The molecule has 0 saturated carbocycles. The molecule has 0 aliphatic carbocycles. The van der Waals surface area contributed by atoms with E-state index in [9.17, 15) is 13.2 Å². The van der Waals surface area contributed by atoms with Gasteiger partial charge in [0.25, 0.3) is 0 Å². The summed E-state index contributed by atoms with van der Waals surface area (Å²) < 4.78 is 39.9. The van der Waals surface area contributed by atoms with Gasteiger partial charge in [0.2, 0.25) is 0 Å². The summed E-state index contributed by atoms with van der Waals surface area (Å²) >= 11 is 0. The van der Waals surface area contributed by atoms with Gasteiger partial charge in [0.05, 0.1) is 21.7 Å². The van der Waals surface area contributed by atoms with E-state index in [4.69, 9.17) is 0 Å². The second-order valence-corrected chi connectivity index (χ2v) is 9.72. The Balaban J connectivity index is 1.96. The Morgan fingerprint density at radius 3 is 2.50 bits per heavy atom. The lowest BCUT2D eigenvalue weighted by atomic mass is 9.87. The monoisotopic (exact) mass is 420 g/mol. The maximum absolute atomic E-state index is 13.1. The third kappa shape index (κ3) is 3.26. The van der Waals surface area contributed by atoms with Crippen LogP contribution in [0.1, 0.15) is 35.4 Å². The minimum atomic E-state index is -4.38. The maximum Gasteiger partial charge on any atom is 0.416 e. The summed E-state index contributed by atoms with van der Waals surface area (Å²) in [7, 11) is 3.13. The molecule has 2 nitrogen and oxygen atoms in total. The highest BCUT2D eigenvalue weighted by Gasteiger charge is 2.34. The van der Waals surface area contributed by atoms with Crippen molar-refractivity contribution < 1.29 is 13.2 Å². The summed E-state index contributed by atoms with van der Waals surface area (Å²) in [5.41, 5.74) is 4.80. The molecule has 0 atom stereocenters. The predicted octanol–water partition coefficient (Wildman–Crippen LogP) is 7.01. The van der Waals surface area contributed by atoms with Gasteiger partial charge < -0.3 is 5.32 Å². The molecule has 0 saturated heterocycles. The number of benzene rings is 2. The molecule has 28 heavy (non-hydrogen) atoms. The third-order valence-corrected chi connectivity index (χ3v) is 7.44. The van der Waals surface area contributed by atoms with Crippen LogP contribution in [0.15, 0.2) is 41.4 Å². The minimum Gasteiger partial charge on any atom is -0.374 e. The molecule has 3 aromatic rings. The minimum absolute atomic E-state index is 0.273. The van der Waals surface area contributed by atoms with E-state index >= 15 is 0 Å². The summed E-state index contributed by atoms with van der Waals surface area (Å²) in [6.07, 6.45) is -4.38. The second-order valence-electron chi connectivity index (χ2n) is 7.59. The normalized spacial score (nSPS) is 15.8. The van der Waals surface area contributed by atoms with E-state index in [1.807, 2.05) is 6.92 Å². The van der Waals surface area contributed by atoms with Crippen LogP contribution < -0.4 is 9.99 Å². The predicted molar refractivity (Wildman–Crippen MR) is 110 cm³/mol. The van der Waals surface area contributed by atoms with Crippen molar-refractivity contribution in [3.05, 3.63) is 62.6 Å². The Kier molecular flexibility index (Phi) is 4.43. The van der Waals surface area contributed by atoms with Crippen molar-refractivity contribution in [2.45, 2.75) is 39.4 Å². The lowest BCUT2D eigenvalue weighted by Crippen LogP contribution is -2.32. The average molecular weight is 421 g/mol. The molecule has 2 heterocycles. The van der Waals surface area contributed by atoms with Crippen LogP contribution in [0.3, 0.4) is 0 Å². The van der Waals surface area contributed by atoms with Gasteiger partial charge in [-0.05, 0) is 57.5 Å². The Labute approximate surface area is 168 Å². The number of nitrogens with zero attached hydrogens (tertiary/aromatic N) is 1. The molecule has 1 N–H and O–H groups in total. The molecule has 0 spiro atoms. The van der Waals surface area contributed by atoms with Crippen LogP contribution in [0.2, 0.25) is 0 Å². The van der Waals surface area contributed by atoms with Crippen molar-refractivity contribution in [2.75, 3.05) is 5.32 Å². The van der Waals surface area contributed by atoms with Crippen LogP contribution in [0.25, 0.3) is 11.1 Å². The number of alkyl halides is 3. The summed E-state index contributed by atoms with van der Waals surface area (Å²) in [6.45, 7) is 8.35. The zero-order chi connectivity index (χ0) is 20.3. The molecular weight excluding hydrogens is 401 g/mol. The van der Waals surface area contributed by atoms with Crippen molar-refractivity contribution in [1.82, 2.24) is 0 Å². The summed E-state index contributed by atoms with van der Waals surface area (Å²) in [4.78, 5) is 5.77. The Morgan fingerprint density at radius 1 is 1.04 bits per heavy atom. The second kappa shape index (κ2) is 6.46. The Hall–Kier alpha value is -2.12. The molecule has 1 aromatic heterocycles. The smallest absolute Gasteiger partial charge is 0.374 e. The molecular formula is C21H19F3N2S2. The number of hydrogen-bond acceptors (Lipinski definition) is 4. The zero-order valence-electron chi connectivity index (χ0n) is 15.9. The Bertz CT molecular complexity index is 1140. The Morgan fingerprint density at radius 2 is 1.79 bits per heavy atom. The molecule has 1 aliphatic heterocycles. The lowest BCUT2D eigenvalue weighted by Gasteiger charge is -2.34. The molecule has 0 radical (unpaired) electrons. The van der Waals surface area contributed by atoms with Crippen molar-refractivity contribution in [3.63, 3.8) is 0 Å². The van der Waals surface area contributed by atoms with Crippen molar-refractivity contribution >= 4 is 32.1 Å². The number of fused-ring (bicyclic) bond motifs is 3. The molecule has 0 bridgehead atoms. The number of rotatable bonds is 1. The fourth-order valence-corrected chi connectivity index (χ4v) is 6.50. The van der Waals surface area contributed by atoms with Gasteiger partial charge in [0.15, 0.2) is 0 Å². The summed E-state index contributed by atoms with van der Waals surface area (Å²) in [5, 5.41) is 3.62. The molecule has 0 amide bonds. The zero-order valence-corrected chi connectivity index (χ0v) is 17.5. The molecule has 7 heteroatoms. The van der Waals surface area contributed by atoms with Gasteiger partial charge in [0, 0.05) is 16.8 Å². The van der Waals surface area contributed by atoms with E-state index in [1.54, 1.807) is 16.4 Å². The molecule has 2 aromatic carbocycles. The van der Waals surface area contributed by atoms with Gasteiger partial charge in [0.1, 0.15) is 4.67 Å². The van der Waals surface area contributed by atoms with E-state index in [0.29, 0.717) is 5.69 Å². The number of aryl methyl sites for hydroxylation is 2. The fraction of sp³-hybridized carbons (Fsp3) is 0.286. The number of halogens is 3. The topological polar surface area (TPSA) is 24.4 Å². The SMILES string of the molecule is Cc1cc(C)c2c(c1)-c1c(ssc1=Nc1cccc(C(F)(F)F)c1)C(C)(C)N2. The summed E-state index contributed by atoms with van der Waals surface area (Å²) in [5.74, 6) is 0. The lowest BCUT2D eigenvalue weighted by molar-refractivity contribution is -0.137. The van der Waals surface area contributed by atoms with E-state index in [-0.39, 0.29) is 5.54 Å². The molecule has 1 aliphatic rings. The van der Waals surface area contributed by atoms with Crippen molar-refractivity contribution in [2.24, 2.45) is 4.99 Å². The quantitative estimate of drug-likeness (QED) is 0.421. The van der Waals surface area contributed by atoms with Crippen LogP contribution >= 0.6 is 20.7 Å². The standard InChI is InChI=1S/C21H19F3N2S2/c1-11-8-12(2)17-15(9-11)16-18(20(3,4)26-17)27-28-19(16)25-14-7-5-6-13(10-14)21(22,23)24/h5-10,26H,1-4H3. The molecule has 146 valence electrons. The van der Waals surface area contributed by atoms with Gasteiger partial charge in [-0.3, -0.25) is 0 Å². The number of nitrogens with one attached hydrogen (secondary N) is 1. The first-order valence-electron chi connectivity index (χ1n) is 8.82. The van der Waals surface area contributed by atoms with Crippen LogP contribution in [0.4, 0.5) is 24.5 Å². The highest BCUT2D eigenvalue weighted by molar-refractivity contribution is 7.68. The van der Waals surface area contributed by atoms with Crippen LogP contribution in [0.5, 0.6) is 0 Å². The molecule has 0 unspecified atom stereocenters. The third-order valence-electron chi connectivity index (χ3n) is 4.80. The highest BCUT2D eigenvalue weighted by Crippen LogP contribution is 2.47. The van der Waals surface area contributed by atoms with E-state index in [0.717, 1.165) is 49.6 Å². The van der Waals surface area contributed by atoms with Gasteiger partial charge in [-0.25, -0.2) is 4.99 Å². The van der Waals surface area contributed by atoms with E-state index in [1.165, 1.54) is 16.4 Å². The highest BCUT2D eigenvalue weighted by atomic mass is 32.9. The van der Waals surface area contributed by atoms with E-state index in [2.05, 4.69) is 43.2 Å². The fourth-order valence-electron chi connectivity index (χ4n) is 3.56. The van der Waals surface area contributed by atoms with E-state index < -0.39 is 11.7 Å². The summed E-state index contributed by atoms with van der Waals surface area (Å²) in [6, 6.07) is 9.44.